The van der Waals surface area contributed by atoms with Gasteiger partial charge in [0.2, 0.25) is 5.91 Å². The molecule has 11 heteroatoms. The molecule has 38 heavy (non-hydrogen) atoms. The third-order valence-corrected chi connectivity index (χ3v) is 7.81. The summed E-state index contributed by atoms with van der Waals surface area (Å²) in [6.07, 6.45) is 0. The molecule has 1 aromatic heterocycles. The van der Waals surface area contributed by atoms with Crippen molar-refractivity contribution in [1.82, 2.24) is 4.98 Å². The number of amides is 2. The summed E-state index contributed by atoms with van der Waals surface area (Å²) in [5.41, 5.74) is 2.31. The van der Waals surface area contributed by atoms with Crippen LogP contribution in [-0.2, 0) is 4.79 Å². The summed E-state index contributed by atoms with van der Waals surface area (Å²) in [7, 11) is 3.00. The Kier molecular flexibility index (Phi) is 9.17. The van der Waals surface area contributed by atoms with Crippen molar-refractivity contribution in [3.8, 4) is 22.8 Å². The highest BCUT2D eigenvalue weighted by Crippen LogP contribution is 2.33. The lowest BCUT2D eigenvalue weighted by Crippen LogP contribution is -2.22. The van der Waals surface area contributed by atoms with E-state index < -0.39 is 0 Å². The van der Waals surface area contributed by atoms with Crippen molar-refractivity contribution in [3.05, 3.63) is 81.7 Å². The van der Waals surface area contributed by atoms with Gasteiger partial charge in [-0.25, -0.2) is 4.98 Å². The highest BCUT2D eigenvalue weighted by Gasteiger charge is 2.19. The number of carbonyl (C=O) groups excluding carboxylic acids is 2. The van der Waals surface area contributed by atoms with Crippen LogP contribution in [0.25, 0.3) is 11.3 Å². The summed E-state index contributed by atoms with van der Waals surface area (Å²) in [5, 5.41) is 8.67. The molecule has 4 rings (SSSR count). The molecule has 196 valence electrons. The Labute approximate surface area is 238 Å². The van der Waals surface area contributed by atoms with Crippen molar-refractivity contribution < 1.29 is 19.1 Å². The predicted octanol–water partition coefficient (Wildman–Crippen LogP) is 7.51. The van der Waals surface area contributed by atoms with E-state index in [0.29, 0.717) is 43.6 Å². The summed E-state index contributed by atoms with van der Waals surface area (Å²) in [5.74, 6) is 0.295. The van der Waals surface area contributed by atoms with E-state index in [1.165, 1.54) is 37.3 Å². The second kappa shape index (κ2) is 12.5. The lowest BCUT2D eigenvalue weighted by molar-refractivity contribution is -0.115. The zero-order chi connectivity index (χ0) is 27.2. The van der Waals surface area contributed by atoms with E-state index in [-0.39, 0.29) is 17.1 Å². The highest BCUT2D eigenvalue weighted by atomic mass is 35.5. The van der Waals surface area contributed by atoms with Crippen molar-refractivity contribution >= 4 is 68.9 Å². The number of aromatic nitrogens is 1. The van der Waals surface area contributed by atoms with Crippen molar-refractivity contribution in [3.63, 3.8) is 0 Å². The van der Waals surface area contributed by atoms with Gasteiger partial charge in [0.05, 0.1) is 30.2 Å². The van der Waals surface area contributed by atoms with Gasteiger partial charge in [0.25, 0.3) is 5.91 Å². The van der Waals surface area contributed by atoms with Crippen molar-refractivity contribution in [2.45, 2.75) is 17.1 Å². The number of thioether (sulfide) groups is 1. The summed E-state index contributed by atoms with van der Waals surface area (Å²) in [6.45, 7) is 1.81. The number of anilines is 2. The van der Waals surface area contributed by atoms with Gasteiger partial charge < -0.3 is 20.1 Å². The third-order valence-electron chi connectivity index (χ3n) is 5.39. The first-order chi connectivity index (χ1) is 18.3. The molecule has 1 unspecified atom stereocenters. The molecule has 7 nitrogen and oxygen atoms in total. The molecular weight excluding hydrogens is 565 g/mol. The molecule has 0 aliphatic heterocycles. The molecule has 0 radical (unpaired) electrons. The monoisotopic (exact) mass is 587 g/mol. The van der Waals surface area contributed by atoms with Crippen LogP contribution in [0, 0.1) is 0 Å². The van der Waals surface area contributed by atoms with Crippen molar-refractivity contribution in [2.24, 2.45) is 0 Å². The smallest absolute Gasteiger partial charge is 0.263 e. The van der Waals surface area contributed by atoms with E-state index >= 15 is 0 Å². The van der Waals surface area contributed by atoms with E-state index in [1.807, 2.05) is 24.4 Å². The lowest BCUT2D eigenvalue weighted by atomic mass is 10.1. The Hall–Kier alpha value is -3.24. The number of nitrogens with one attached hydrogen (secondary N) is 2. The van der Waals surface area contributed by atoms with Gasteiger partial charge in [-0.05, 0) is 61.5 Å². The van der Waals surface area contributed by atoms with Gasteiger partial charge in [-0.15, -0.1) is 23.1 Å². The van der Waals surface area contributed by atoms with Crippen LogP contribution in [0.15, 0.2) is 70.9 Å². The van der Waals surface area contributed by atoms with E-state index in [2.05, 4.69) is 15.6 Å². The normalized spacial score (nSPS) is 11.5. The van der Waals surface area contributed by atoms with Gasteiger partial charge in [-0.1, -0.05) is 29.3 Å². The Morgan fingerprint density at radius 1 is 0.974 bits per heavy atom. The maximum absolute atomic E-state index is 12.9. The lowest BCUT2D eigenvalue weighted by Gasteiger charge is -2.14. The molecule has 1 atom stereocenters. The summed E-state index contributed by atoms with van der Waals surface area (Å²) >= 11 is 15.0. The second-order valence-electron chi connectivity index (χ2n) is 7.93. The van der Waals surface area contributed by atoms with Gasteiger partial charge in [0, 0.05) is 26.5 Å². The number of hydrogen-bond acceptors (Lipinski definition) is 7. The number of thiazole rings is 1. The Bertz CT molecular complexity index is 1440. The number of nitrogens with zero attached hydrogens (tertiary/aromatic N) is 1. The van der Waals surface area contributed by atoms with Crippen LogP contribution in [0.5, 0.6) is 11.5 Å². The van der Waals surface area contributed by atoms with Crippen LogP contribution in [0.1, 0.15) is 17.3 Å². The second-order valence-corrected chi connectivity index (χ2v) is 11.0. The minimum absolute atomic E-state index is 0.182. The summed E-state index contributed by atoms with van der Waals surface area (Å²) < 4.78 is 10.6. The predicted molar refractivity (Wildman–Crippen MR) is 155 cm³/mol. The minimum Gasteiger partial charge on any atom is -0.496 e. The molecule has 0 fully saturated rings. The van der Waals surface area contributed by atoms with Gasteiger partial charge in [-0.3, -0.25) is 9.59 Å². The van der Waals surface area contributed by atoms with Crippen LogP contribution in [0.2, 0.25) is 10.0 Å². The maximum Gasteiger partial charge on any atom is 0.263 e. The fraction of sp³-hybridized carbons (Fsp3) is 0.148. The maximum atomic E-state index is 12.9. The molecule has 4 aromatic rings. The summed E-state index contributed by atoms with van der Waals surface area (Å²) in [4.78, 5) is 31.0. The number of benzene rings is 3. The topological polar surface area (TPSA) is 89.5 Å². The largest absolute Gasteiger partial charge is 0.496 e. The average molecular weight is 589 g/mol. The summed E-state index contributed by atoms with van der Waals surface area (Å²) in [6, 6.07) is 17.6. The molecule has 3 aromatic carbocycles. The first-order valence-electron chi connectivity index (χ1n) is 11.3. The highest BCUT2D eigenvalue weighted by molar-refractivity contribution is 8.00. The number of rotatable bonds is 9. The number of hydrogen-bond donors (Lipinski definition) is 2. The zero-order valence-electron chi connectivity index (χ0n) is 20.6. The van der Waals surface area contributed by atoms with E-state index in [1.54, 1.807) is 48.5 Å². The SMILES string of the molecule is COc1cccc(OC)c1C(=O)Nc1ccc(SC(C)C(=O)Nc2nc(-c3ccc(Cl)cc3Cl)cs2)cc1. The minimum atomic E-state index is -0.389. The van der Waals surface area contributed by atoms with Gasteiger partial charge >= 0.3 is 0 Å². The Balaban J connectivity index is 1.36. The third kappa shape index (κ3) is 6.60. The zero-order valence-corrected chi connectivity index (χ0v) is 23.7. The number of methoxy groups -OCH3 is 2. The molecule has 0 aliphatic rings. The molecule has 0 saturated carbocycles. The van der Waals surface area contributed by atoms with Crippen LogP contribution >= 0.6 is 46.3 Å². The fourth-order valence-electron chi connectivity index (χ4n) is 3.50. The quantitative estimate of drug-likeness (QED) is 0.197. The molecule has 0 bridgehead atoms. The first kappa shape index (κ1) is 27.8. The number of carbonyl (C=O) groups is 2. The Morgan fingerprint density at radius 3 is 2.29 bits per heavy atom. The average Bonchev–Trinajstić information content (AvgIpc) is 3.37. The van der Waals surface area contributed by atoms with Gasteiger partial charge in [0.1, 0.15) is 17.1 Å². The molecule has 0 aliphatic carbocycles. The number of halogens is 2. The molecule has 2 amide bonds. The molecule has 0 saturated heterocycles. The molecular formula is C27H23Cl2N3O4S2. The Morgan fingerprint density at radius 2 is 1.66 bits per heavy atom. The first-order valence-corrected chi connectivity index (χ1v) is 13.8. The van der Waals surface area contributed by atoms with E-state index in [4.69, 9.17) is 32.7 Å². The van der Waals surface area contributed by atoms with Crippen molar-refractivity contribution in [1.29, 1.82) is 0 Å². The number of ether oxygens (including phenoxy) is 2. The standard InChI is InChI=1S/C27H23Cl2N3O4S2/c1-15(25(33)32-27-31-21(14-37-27)19-12-7-16(28)13-20(19)29)38-18-10-8-17(9-11-18)30-26(34)24-22(35-2)5-4-6-23(24)36-3/h4-15H,1-3H3,(H,30,34)(H,31,32,33). The van der Waals surface area contributed by atoms with Crippen LogP contribution in [0.4, 0.5) is 10.8 Å². The van der Waals surface area contributed by atoms with Gasteiger partial charge in [-0.2, -0.15) is 0 Å². The van der Waals surface area contributed by atoms with E-state index in [0.717, 1.165) is 10.5 Å². The van der Waals surface area contributed by atoms with Crippen molar-refractivity contribution in [2.75, 3.05) is 24.9 Å². The molecule has 0 spiro atoms. The van der Waals surface area contributed by atoms with Crippen LogP contribution < -0.4 is 20.1 Å². The van der Waals surface area contributed by atoms with Crippen LogP contribution in [0.3, 0.4) is 0 Å². The van der Waals surface area contributed by atoms with Crippen LogP contribution in [-0.4, -0.2) is 36.3 Å². The van der Waals surface area contributed by atoms with E-state index in [9.17, 15) is 9.59 Å². The molecule has 2 N–H and O–H groups in total. The molecule has 1 heterocycles. The van der Waals surface area contributed by atoms with Gasteiger partial charge in [0.15, 0.2) is 5.13 Å². The fourth-order valence-corrected chi connectivity index (χ4v) is 5.59.